The van der Waals surface area contributed by atoms with Gasteiger partial charge in [0.25, 0.3) is 10.0 Å². The number of benzene rings is 3. The molecule has 0 saturated carbocycles. The maximum atomic E-state index is 13.7. The topological polar surface area (TPSA) is 70.2 Å². The Morgan fingerprint density at radius 3 is 2.06 bits per heavy atom. The molecule has 0 heterocycles. The fourth-order valence-electron chi connectivity index (χ4n) is 3.13. The lowest BCUT2D eigenvalue weighted by Gasteiger charge is -2.15. The highest BCUT2D eigenvalue weighted by atomic mass is 32.2. The van der Waals surface area contributed by atoms with E-state index in [1.165, 1.54) is 18.2 Å². The maximum Gasteiger partial charge on any atom is 0.261 e. The number of thiocarbonyl (C=S) groups is 1. The van der Waals surface area contributed by atoms with Crippen molar-refractivity contribution >= 4 is 44.4 Å². The van der Waals surface area contributed by atoms with Gasteiger partial charge in [-0.05, 0) is 80.5 Å². The Bertz CT molecular complexity index is 1220. The van der Waals surface area contributed by atoms with E-state index in [2.05, 4.69) is 15.4 Å². The Morgan fingerprint density at radius 1 is 0.871 bits per heavy atom. The van der Waals surface area contributed by atoms with Crippen molar-refractivity contribution < 1.29 is 17.2 Å². The number of aryl methyl sites for hydroxylation is 3. The lowest BCUT2D eigenvalue weighted by molar-refractivity contribution is 0.586. The van der Waals surface area contributed by atoms with Gasteiger partial charge >= 0.3 is 0 Å². The Labute approximate surface area is 185 Å². The van der Waals surface area contributed by atoms with Crippen molar-refractivity contribution in [2.75, 3.05) is 15.4 Å². The van der Waals surface area contributed by atoms with Crippen LogP contribution in [0.4, 0.5) is 25.8 Å². The molecule has 9 heteroatoms. The van der Waals surface area contributed by atoms with Crippen LogP contribution in [-0.2, 0) is 10.0 Å². The smallest absolute Gasteiger partial charge is 0.261 e. The number of halogens is 2. The molecule has 3 aromatic rings. The van der Waals surface area contributed by atoms with E-state index in [0.717, 1.165) is 28.8 Å². The van der Waals surface area contributed by atoms with Crippen molar-refractivity contribution in [2.24, 2.45) is 0 Å². The molecule has 0 atom stereocenters. The average Bonchev–Trinajstić information content (AvgIpc) is 2.67. The first-order valence-corrected chi connectivity index (χ1v) is 11.2. The second-order valence-corrected chi connectivity index (χ2v) is 9.20. The molecule has 0 radical (unpaired) electrons. The highest BCUT2D eigenvalue weighted by Crippen LogP contribution is 2.25. The second-order valence-electron chi connectivity index (χ2n) is 7.11. The van der Waals surface area contributed by atoms with E-state index in [1.54, 1.807) is 12.1 Å². The van der Waals surface area contributed by atoms with Gasteiger partial charge in [0.05, 0.1) is 16.3 Å². The third-order valence-corrected chi connectivity index (χ3v) is 6.09. The van der Waals surface area contributed by atoms with Crippen LogP contribution in [-0.4, -0.2) is 13.5 Å². The summed E-state index contributed by atoms with van der Waals surface area (Å²) in [4.78, 5) is 0.0841. The largest absolute Gasteiger partial charge is 0.332 e. The zero-order valence-electron chi connectivity index (χ0n) is 17.1. The van der Waals surface area contributed by atoms with Crippen molar-refractivity contribution in [3.8, 4) is 0 Å². The van der Waals surface area contributed by atoms with Gasteiger partial charge in [-0.3, -0.25) is 4.72 Å². The molecule has 0 fully saturated rings. The fourth-order valence-corrected chi connectivity index (χ4v) is 4.56. The summed E-state index contributed by atoms with van der Waals surface area (Å²) < 4.78 is 54.9. The normalized spacial score (nSPS) is 11.1. The number of hydrogen-bond acceptors (Lipinski definition) is 3. The fraction of sp³-hybridized carbons (Fsp3) is 0.136. The zero-order chi connectivity index (χ0) is 22.8. The van der Waals surface area contributed by atoms with Gasteiger partial charge in [-0.15, -0.1) is 0 Å². The highest BCUT2D eigenvalue weighted by Gasteiger charge is 2.17. The molecule has 0 amide bonds. The van der Waals surface area contributed by atoms with Gasteiger partial charge in [-0.25, -0.2) is 17.2 Å². The van der Waals surface area contributed by atoms with Crippen LogP contribution >= 0.6 is 12.2 Å². The molecule has 0 aliphatic heterocycles. The molecule has 3 N–H and O–H groups in total. The second kappa shape index (κ2) is 8.99. The Kier molecular flexibility index (Phi) is 6.56. The third kappa shape index (κ3) is 5.56. The van der Waals surface area contributed by atoms with E-state index < -0.39 is 21.7 Å². The lowest BCUT2D eigenvalue weighted by Crippen LogP contribution is -2.20. The highest BCUT2D eigenvalue weighted by molar-refractivity contribution is 7.92. The summed E-state index contributed by atoms with van der Waals surface area (Å²) in [7, 11) is -3.79. The van der Waals surface area contributed by atoms with Gasteiger partial charge < -0.3 is 10.6 Å². The van der Waals surface area contributed by atoms with Crippen molar-refractivity contribution in [2.45, 2.75) is 25.7 Å². The maximum absolute atomic E-state index is 13.7. The molecule has 0 aromatic heterocycles. The first-order chi connectivity index (χ1) is 14.5. The summed E-state index contributed by atoms with van der Waals surface area (Å²) in [5.41, 5.74) is 3.80. The lowest BCUT2D eigenvalue weighted by atomic mass is 10.1. The van der Waals surface area contributed by atoms with Gasteiger partial charge in [0.15, 0.2) is 5.11 Å². The van der Waals surface area contributed by atoms with Crippen molar-refractivity contribution in [1.82, 2.24) is 0 Å². The van der Waals surface area contributed by atoms with Crippen LogP contribution < -0.4 is 15.4 Å². The molecule has 0 bridgehead atoms. The van der Waals surface area contributed by atoms with E-state index >= 15 is 0 Å². The predicted molar refractivity (Wildman–Crippen MR) is 124 cm³/mol. The Hall–Kier alpha value is -3.04. The molecule has 0 saturated heterocycles. The summed E-state index contributed by atoms with van der Waals surface area (Å²) in [6, 6.07) is 12.9. The van der Waals surface area contributed by atoms with Crippen LogP contribution in [0.5, 0.6) is 0 Å². The molecule has 5 nitrogen and oxygen atoms in total. The number of anilines is 3. The first-order valence-electron chi connectivity index (χ1n) is 9.29. The molecule has 162 valence electrons. The Morgan fingerprint density at radius 2 is 1.48 bits per heavy atom. The average molecular weight is 462 g/mol. The van der Waals surface area contributed by atoms with E-state index in [-0.39, 0.29) is 15.7 Å². The molecule has 0 aliphatic carbocycles. The molecule has 0 spiro atoms. The third-order valence-electron chi connectivity index (χ3n) is 4.52. The van der Waals surface area contributed by atoms with Crippen molar-refractivity contribution in [3.63, 3.8) is 0 Å². The summed E-state index contributed by atoms with van der Waals surface area (Å²) >= 11 is 5.13. The number of nitrogens with one attached hydrogen (secondary N) is 3. The van der Waals surface area contributed by atoms with Gasteiger partial charge in [-0.2, -0.15) is 0 Å². The summed E-state index contributed by atoms with van der Waals surface area (Å²) in [5, 5.41) is 5.53. The molecule has 31 heavy (non-hydrogen) atoms. The van der Waals surface area contributed by atoms with Crippen molar-refractivity contribution in [3.05, 3.63) is 82.9 Å². The number of hydrogen-bond donors (Lipinski definition) is 3. The van der Waals surface area contributed by atoms with Crippen molar-refractivity contribution in [1.29, 1.82) is 0 Å². The van der Waals surface area contributed by atoms with E-state index in [1.807, 2.05) is 32.9 Å². The minimum atomic E-state index is -3.79. The standard InChI is InChI=1S/C22H21F2N3O2S2/c1-13-10-14(2)21(15(3)11-13)27-31(28,29)18-7-5-17(6-8-18)25-22(30)26-20-9-4-16(23)12-19(20)24/h4-12,27H,1-3H3,(H2,25,26,30). The number of rotatable bonds is 5. The van der Waals surface area contributed by atoms with Crippen LogP contribution in [0.15, 0.2) is 59.5 Å². The minimum absolute atomic E-state index is 0.0196. The van der Waals surface area contributed by atoms with E-state index in [4.69, 9.17) is 12.2 Å². The van der Waals surface area contributed by atoms with Gasteiger partial charge in [0, 0.05) is 11.8 Å². The monoisotopic (exact) mass is 461 g/mol. The minimum Gasteiger partial charge on any atom is -0.332 e. The molecule has 3 aromatic carbocycles. The van der Waals surface area contributed by atoms with Gasteiger partial charge in [0.1, 0.15) is 11.6 Å². The predicted octanol–water partition coefficient (Wildman–Crippen LogP) is 5.50. The van der Waals surface area contributed by atoms with Crippen LogP contribution in [0.1, 0.15) is 16.7 Å². The van der Waals surface area contributed by atoms with Crippen LogP contribution in [0.2, 0.25) is 0 Å². The molecule has 0 unspecified atom stereocenters. The summed E-state index contributed by atoms with van der Waals surface area (Å²) in [6.45, 7) is 5.65. The zero-order valence-corrected chi connectivity index (χ0v) is 18.7. The SMILES string of the molecule is Cc1cc(C)c(NS(=O)(=O)c2ccc(NC(=S)Nc3ccc(F)cc3F)cc2)c(C)c1. The van der Waals surface area contributed by atoms with Crippen LogP contribution in [0, 0.1) is 32.4 Å². The molecule has 0 aliphatic rings. The van der Waals surface area contributed by atoms with Gasteiger partial charge in [0.2, 0.25) is 0 Å². The molecular weight excluding hydrogens is 440 g/mol. The van der Waals surface area contributed by atoms with E-state index in [0.29, 0.717) is 11.4 Å². The Balaban J connectivity index is 1.71. The molecule has 3 rings (SSSR count). The van der Waals surface area contributed by atoms with Crippen LogP contribution in [0.25, 0.3) is 0 Å². The quantitative estimate of drug-likeness (QED) is 0.438. The summed E-state index contributed by atoms with van der Waals surface area (Å²) in [6.07, 6.45) is 0. The first kappa shape index (κ1) is 22.6. The number of sulfonamides is 1. The van der Waals surface area contributed by atoms with E-state index in [9.17, 15) is 17.2 Å². The molecular formula is C22H21F2N3O2S2. The van der Waals surface area contributed by atoms with Gasteiger partial charge in [-0.1, -0.05) is 17.7 Å². The summed E-state index contributed by atoms with van der Waals surface area (Å²) in [5.74, 6) is -1.47. The van der Waals surface area contributed by atoms with Crippen LogP contribution in [0.3, 0.4) is 0 Å².